The molecule has 1 aliphatic rings. The number of furan rings is 1. The van der Waals surface area contributed by atoms with E-state index in [1.54, 1.807) is 30.5 Å². The molecule has 0 bridgehead atoms. The number of anilines is 1. The number of thiophene rings is 1. The Morgan fingerprint density at radius 2 is 1.86 bits per heavy atom. The fourth-order valence-electron chi connectivity index (χ4n) is 4.27. The molecule has 3 aromatic rings. The molecular formula is C27H30Cl2N2O4S. The van der Waals surface area contributed by atoms with Crippen molar-refractivity contribution in [2.75, 3.05) is 11.9 Å². The average Bonchev–Trinajstić information content (AvgIpc) is 3.51. The summed E-state index contributed by atoms with van der Waals surface area (Å²) in [6, 6.07) is 6.68. The van der Waals surface area contributed by atoms with Gasteiger partial charge in [-0.2, -0.15) is 0 Å². The Hall–Kier alpha value is -2.48. The van der Waals surface area contributed by atoms with Crippen LogP contribution in [0.25, 0.3) is 0 Å². The molecular weight excluding hydrogens is 519 g/mol. The summed E-state index contributed by atoms with van der Waals surface area (Å²) >= 11 is 14.3. The van der Waals surface area contributed by atoms with E-state index in [0.717, 1.165) is 61.8 Å². The van der Waals surface area contributed by atoms with Gasteiger partial charge in [-0.15, -0.1) is 11.3 Å². The van der Waals surface area contributed by atoms with Crippen molar-refractivity contribution in [1.82, 2.24) is 5.32 Å². The standard InChI is InChI=1S/C27H30Cl2N2O4S/c1-2-3-4-7-12-35-24-20(28)14-17(15-21(24)29)25(32)31-27-23(19-10-5-6-11-22(19)36-27)26(33)30-16-18-9-8-13-34-18/h8-9,13-15H,2-7,10-12,16H2,1H3,(H,30,33)(H,31,32). The second kappa shape index (κ2) is 12.7. The summed E-state index contributed by atoms with van der Waals surface area (Å²) in [6.45, 7) is 2.94. The maximum Gasteiger partial charge on any atom is 0.256 e. The monoisotopic (exact) mass is 548 g/mol. The van der Waals surface area contributed by atoms with E-state index in [-0.39, 0.29) is 28.4 Å². The molecule has 36 heavy (non-hydrogen) atoms. The fraction of sp³-hybridized carbons (Fsp3) is 0.407. The minimum atomic E-state index is -0.382. The SMILES string of the molecule is CCCCCCOc1c(Cl)cc(C(=O)Nc2sc3c(c2C(=O)NCc2ccco2)CCCC3)cc1Cl. The van der Waals surface area contributed by atoms with Gasteiger partial charge >= 0.3 is 0 Å². The van der Waals surface area contributed by atoms with Crippen molar-refractivity contribution < 1.29 is 18.7 Å². The number of hydrogen-bond donors (Lipinski definition) is 2. The number of aryl methyl sites for hydroxylation is 1. The molecule has 192 valence electrons. The van der Waals surface area contributed by atoms with Crippen LogP contribution in [0, 0.1) is 0 Å². The first-order valence-corrected chi connectivity index (χ1v) is 13.9. The lowest BCUT2D eigenvalue weighted by molar-refractivity contribution is 0.0948. The summed E-state index contributed by atoms with van der Waals surface area (Å²) in [6.07, 6.45) is 9.65. The predicted octanol–water partition coefficient (Wildman–Crippen LogP) is 7.67. The Kier molecular flexibility index (Phi) is 9.35. The van der Waals surface area contributed by atoms with Crippen molar-refractivity contribution in [1.29, 1.82) is 0 Å². The number of rotatable bonds is 11. The number of hydrogen-bond acceptors (Lipinski definition) is 5. The smallest absolute Gasteiger partial charge is 0.256 e. The lowest BCUT2D eigenvalue weighted by atomic mass is 9.95. The molecule has 1 aliphatic carbocycles. The Balaban J connectivity index is 1.50. The summed E-state index contributed by atoms with van der Waals surface area (Å²) in [5.41, 5.74) is 1.84. The van der Waals surface area contributed by atoms with Crippen LogP contribution in [-0.2, 0) is 19.4 Å². The highest BCUT2D eigenvalue weighted by Crippen LogP contribution is 2.39. The Morgan fingerprint density at radius 3 is 2.58 bits per heavy atom. The molecule has 6 nitrogen and oxygen atoms in total. The minimum absolute atomic E-state index is 0.232. The maximum atomic E-state index is 13.2. The molecule has 0 saturated heterocycles. The molecule has 4 rings (SSSR count). The highest BCUT2D eigenvalue weighted by molar-refractivity contribution is 7.17. The summed E-state index contributed by atoms with van der Waals surface area (Å²) < 4.78 is 11.1. The quantitative estimate of drug-likeness (QED) is 0.241. The van der Waals surface area contributed by atoms with Crippen molar-refractivity contribution in [3.8, 4) is 5.75 Å². The number of carbonyl (C=O) groups is 2. The van der Waals surface area contributed by atoms with E-state index >= 15 is 0 Å². The first-order valence-electron chi connectivity index (χ1n) is 12.4. The van der Waals surface area contributed by atoms with Crippen molar-refractivity contribution in [2.24, 2.45) is 0 Å². The van der Waals surface area contributed by atoms with E-state index in [0.29, 0.717) is 34.2 Å². The van der Waals surface area contributed by atoms with Crippen LogP contribution in [0.5, 0.6) is 5.75 Å². The van der Waals surface area contributed by atoms with Gasteiger partial charge in [0.2, 0.25) is 0 Å². The second-order valence-corrected chi connectivity index (χ2v) is 10.7. The molecule has 9 heteroatoms. The first-order chi connectivity index (χ1) is 17.5. The van der Waals surface area contributed by atoms with Gasteiger partial charge in [-0.25, -0.2) is 0 Å². The van der Waals surface area contributed by atoms with E-state index < -0.39 is 0 Å². The zero-order valence-electron chi connectivity index (χ0n) is 20.3. The number of halogens is 2. The van der Waals surface area contributed by atoms with E-state index in [1.165, 1.54) is 11.3 Å². The molecule has 2 aromatic heterocycles. The third-order valence-corrected chi connectivity index (χ3v) is 7.90. The van der Waals surface area contributed by atoms with E-state index in [4.69, 9.17) is 32.4 Å². The Morgan fingerprint density at radius 1 is 1.08 bits per heavy atom. The van der Waals surface area contributed by atoms with Crippen molar-refractivity contribution >= 4 is 51.4 Å². The van der Waals surface area contributed by atoms with Crippen LogP contribution >= 0.6 is 34.5 Å². The van der Waals surface area contributed by atoms with Crippen LogP contribution in [0.1, 0.15) is 82.4 Å². The molecule has 0 radical (unpaired) electrons. The van der Waals surface area contributed by atoms with E-state index in [2.05, 4.69) is 17.6 Å². The zero-order chi connectivity index (χ0) is 25.5. The topological polar surface area (TPSA) is 80.6 Å². The lowest BCUT2D eigenvalue weighted by Gasteiger charge is -2.13. The van der Waals surface area contributed by atoms with Crippen LogP contribution < -0.4 is 15.4 Å². The number of unbranched alkanes of at least 4 members (excludes halogenated alkanes) is 3. The number of fused-ring (bicyclic) bond motifs is 1. The van der Waals surface area contributed by atoms with Gasteiger partial charge in [0.15, 0.2) is 5.75 Å². The normalized spacial score (nSPS) is 12.8. The van der Waals surface area contributed by atoms with Crippen molar-refractivity contribution in [2.45, 2.75) is 64.8 Å². The summed E-state index contributed by atoms with van der Waals surface area (Å²) in [4.78, 5) is 27.5. The molecule has 0 aliphatic heterocycles. The van der Waals surface area contributed by atoms with Gasteiger partial charge in [-0.05, 0) is 61.9 Å². The predicted molar refractivity (Wildman–Crippen MR) is 145 cm³/mol. The van der Waals surface area contributed by atoms with Crippen LogP contribution in [0.3, 0.4) is 0 Å². The Bertz CT molecular complexity index is 1180. The first kappa shape index (κ1) is 26.6. The molecule has 0 spiro atoms. The van der Waals surface area contributed by atoms with E-state index in [9.17, 15) is 9.59 Å². The van der Waals surface area contributed by atoms with Gasteiger partial charge in [0.05, 0.1) is 35.0 Å². The van der Waals surface area contributed by atoms with Crippen LogP contribution in [-0.4, -0.2) is 18.4 Å². The maximum absolute atomic E-state index is 13.2. The molecule has 0 unspecified atom stereocenters. The van der Waals surface area contributed by atoms with Crippen LogP contribution in [0.2, 0.25) is 10.0 Å². The molecule has 0 fully saturated rings. The third kappa shape index (κ3) is 6.44. The highest BCUT2D eigenvalue weighted by atomic mass is 35.5. The zero-order valence-corrected chi connectivity index (χ0v) is 22.6. The number of benzene rings is 1. The van der Waals surface area contributed by atoms with Crippen molar-refractivity contribution in [3.63, 3.8) is 0 Å². The molecule has 1 aromatic carbocycles. The second-order valence-electron chi connectivity index (χ2n) is 8.81. The van der Waals surface area contributed by atoms with Crippen molar-refractivity contribution in [3.05, 3.63) is 67.9 Å². The van der Waals surface area contributed by atoms with Gasteiger partial charge in [0.25, 0.3) is 11.8 Å². The largest absolute Gasteiger partial charge is 0.490 e. The van der Waals surface area contributed by atoms with Gasteiger partial charge in [-0.1, -0.05) is 49.4 Å². The molecule has 2 amide bonds. The number of carbonyl (C=O) groups excluding carboxylic acids is 2. The fourth-order valence-corrected chi connectivity index (χ4v) is 6.15. The highest BCUT2D eigenvalue weighted by Gasteiger charge is 2.27. The van der Waals surface area contributed by atoms with Crippen LogP contribution in [0.4, 0.5) is 5.00 Å². The van der Waals surface area contributed by atoms with Gasteiger partial charge in [0, 0.05) is 10.4 Å². The van der Waals surface area contributed by atoms with Crippen LogP contribution in [0.15, 0.2) is 34.9 Å². The molecule has 0 saturated carbocycles. The Labute approximate surface area is 225 Å². The number of amides is 2. The molecule has 2 N–H and O–H groups in total. The van der Waals surface area contributed by atoms with Gasteiger partial charge in [-0.3, -0.25) is 9.59 Å². The molecule has 2 heterocycles. The van der Waals surface area contributed by atoms with E-state index in [1.807, 2.05) is 0 Å². The average molecular weight is 550 g/mol. The summed E-state index contributed by atoms with van der Waals surface area (Å²) in [5.74, 6) is 0.432. The number of ether oxygens (including phenoxy) is 1. The van der Waals surface area contributed by atoms with Gasteiger partial charge in [0.1, 0.15) is 10.8 Å². The minimum Gasteiger partial charge on any atom is -0.490 e. The van der Waals surface area contributed by atoms with Gasteiger partial charge < -0.3 is 19.8 Å². The number of nitrogens with one attached hydrogen (secondary N) is 2. The third-order valence-electron chi connectivity index (χ3n) is 6.13. The lowest BCUT2D eigenvalue weighted by Crippen LogP contribution is -2.25. The summed E-state index contributed by atoms with van der Waals surface area (Å²) in [5, 5.41) is 6.95. The summed E-state index contributed by atoms with van der Waals surface area (Å²) in [7, 11) is 0. The molecule has 0 atom stereocenters.